The van der Waals surface area contributed by atoms with Gasteiger partial charge in [0.25, 0.3) is 0 Å². The monoisotopic (exact) mass is 240 g/mol. The summed E-state index contributed by atoms with van der Waals surface area (Å²) in [6.07, 6.45) is 4.15. The molecule has 0 fully saturated rings. The van der Waals surface area contributed by atoms with E-state index in [9.17, 15) is 0 Å². The Hall–Kier alpha value is -1.67. The standard InChI is InChI=1S/C16H20N2/c1-13-8-10-15(12-18-13)16(17-2)11-9-14-6-4-3-5-7-14/h3-8,10,12,16-17H,9,11H2,1-2H3. The van der Waals surface area contributed by atoms with Crippen LogP contribution in [0.1, 0.15) is 29.3 Å². The van der Waals surface area contributed by atoms with Crippen molar-refractivity contribution in [3.63, 3.8) is 0 Å². The lowest BCUT2D eigenvalue weighted by Gasteiger charge is -2.16. The van der Waals surface area contributed by atoms with Gasteiger partial charge < -0.3 is 5.32 Å². The lowest BCUT2D eigenvalue weighted by molar-refractivity contribution is 0.547. The zero-order chi connectivity index (χ0) is 12.8. The van der Waals surface area contributed by atoms with Gasteiger partial charge in [0, 0.05) is 17.9 Å². The molecule has 0 aliphatic rings. The molecule has 1 atom stereocenters. The Kier molecular flexibility index (Phi) is 4.48. The fourth-order valence-corrected chi connectivity index (χ4v) is 2.12. The molecular weight excluding hydrogens is 220 g/mol. The summed E-state index contributed by atoms with van der Waals surface area (Å²) in [6, 6.07) is 15.2. The van der Waals surface area contributed by atoms with Gasteiger partial charge in [-0.3, -0.25) is 4.98 Å². The molecule has 0 aliphatic heterocycles. The number of hydrogen-bond donors (Lipinski definition) is 1. The third-order valence-electron chi connectivity index (χ3n) is 3.25. The predicted octanol–water partition coefficient (Wildman–Crippen LogP) is 3.28. The van der Waals surface area contributed by atoms with Gasteiger partial charge >= 0.3 is 0 Å². The maximum Gasteiger partial charge on any atom is 0.0372 e. The number of aromatic nitrogens is 1. The number of benzene rings is 1. The first-order chi connectivity index (χ1) is 8.79. The minimum Gasteiger partial charge on any atom is -0.313 e. The molecule has 1 aromatic heterocycles. The van der Waals surface area contributed by atoms with Gasteiger partial charge in [-0.2, -0.15) is 0 Å². The van der Waals surface area contributed by atoms with Crippen molar-refractivity contribution >= 4 is 0 Å². The molecular formula is C16H20N2. The second kappa shape index (κ2) is 6.31. The van der Waals surface area contributed by atoms with Crippen LogP contribution in [-0.2, 0) is 6.42 Å². The Morgan fingerprint density at radius 3 is 2.50 bits per heavy atom. The molecule has 0 bridgehead atoms. The number of nitrogens with zero attached hydrogens (tertiary/aromatic N) is 1. The van der Waals surface area contributed by atoms with Crippen LogP contribution in [0.4, 0.5) is 0 Å². The number of aryl methyl sites for hydroxylation is 2. The molecule has 0 amide bonds. The fourth-order valence-electron chi connectivity index (χ4n) is 2.12. The lowest BCUT2D eigenvalue weighted by atomic mass is 10.0. The molecule has 2 nitrogen and oxygen atoms in total. The second-order valence-corrected chi connectivity index (χ2v) is 4.60. The van der Waals surface area contributed by atoms with Gasteiger partial charge in [0.2, 0.25) is 0 Å². The first-order valence-corrected chi connectivity index (χ1v) is 6.43. The summed E-state index contributed by atoms with van der Waals surface area (Å²) < 4.78 is 0. The van der Waals surface area contributed by atoms with Gasteiger partial charge in [-0.05, 0) is 44.0 Å². The van der Waals surface area contributed by atoms with Crippen molar-refractivity contribution < 1.29 is 0 Å². The van der Waals surface area contributed by atoms with Gasteiger partial charge in [-0.15, -0.1) is 0 Å². The van der Waals surface area contributed by atoms with Gasteiger partial charge in [-0.1, -0.05) is 36.4 Å². The van der Waals surface area contributed by atoms with Crippen LogP contribution < -0.4 is 5.32 Å². The zero-order valence-electron chi connectivity index (χ0n) is 11.1. The number of pyridine rings is 1. The first kappa shape index (κ1) is 12.8. The smallest absolute Gasteiger partial charge is 0.0372 e. The molecule has 2 heteroatoms. The normalized spacial score (nSPS) is 12.3. The van der Waals surface area contributed by atoms with E-state index in [1.54, 1.807) is 0 Å². The molecule has 0 radical (unpaired) electrons. The van der Waals surface area contributed by atoms with Crippen molar-refractivity contribution in [2.24, 2.45) is 0 Å². The quantitative estimate of drug-likeness (QED) is 0.867. The average Bonchev–Trinajstić information content (AvgIpc) is 2.42. The molecule has 18 heavy (non-hydrogen) atoms. The van der Waals surface area contributed by atoms with Crippen molar-refractivity contribution in [3.05, 3.63) is 65.5 Å². The van der Waals surface area contributed by atoms with Crippen LogP contribution in [0.2, 0.25) is 0 Å². The van der Waals surface area contributed by atoms with E-state index in [1.807, 2.05) is 20.2 Å². The highest BCUT2D eigenvalue weighted by atomic mass is 14.9. The van der Waals surface area contributed by atoms with Crippen LogP contribution in [0.3, 0.4) is 0 Å². The highest BCUT2D eigenvalue weighted by Crippen LogP contribution is 2.18. The van der Waals surface area contributed by atoms with Crippen molar-refractivity contribution in [2.75, 3.05) is 7.05 Å². The fraction of sp³-hybridized carbons (Fsp3) is 0.312. The molecule has 0 aliphatic carbocycles. The number of hydrogen-bond acceptors (Lipinski definition) is 2. The van der Waals surface area contributed by atoms with Gasteiger partial charge in [0.1, 0.15) is 0 Å². The van der Waals surface area contributed by atoms with E-state index in [1.165, 1.54) is 11.1 Å². The van der Waals surface area contributed by atoms with E-state index in [4.69, 9.17) is 0 Å². The van der Waals surface area contributed by atoms with Gasteiger partial charge in [0.15, 0.2) is 0 Å². The Labute approximate surface area is 109 Å². The molecule has 1 N–H and O–H groups in total. The lowest BCUT2D eigenvalue weighted by Crippen LogP contribution is -2.17. The van der Waals surface area contributed by atoms with Crippen LogP contribution in [-0.4, -0.2) is 12.0 Å². The highest BCUT2D eigenvalue weighted by Gasteiger charge is 2.09. The van der Waals surface area contributed by atoms with Crippen LogP contribution in [0, 0.1) is 6.92 Å². The minimum absolute atomic E-state index is 0.373. The van der Waals surface area contributed by atoms with E-state index in [2.05, 4.69) is 52.8 Å². The van der Waals surface area contributed by atoms with E-state index in [0.717, 1.165) is 18.5 Å². The van der Waals surface area contributed by atoms with Crippen LogP contribution in [0.5, 0.6) is 0 Å². The maximum absolute atomic E-state index is 4.36. The van der Waals surface area contributed by atoms with Crippen LogP contribution in [0.15, 0.2) is 48.7 Å². The van der Waals surface area contributed by atoms with E-state index in [0.29, 0.717) is 6.04 Å². The van der Waals surface area contributed by atoms with Gasteiger partial charge in [0.05, 0.1) is 0 Å². The third kappa shape index (κ3) is 3.41. The van der Waals surface area contributed by atoms with Gasteiger partial charge in [-0.25, -0.2) is 0 Å². The number of rotatable bonds is 5. The maximum atomic E-state index is 4.36. The molecule has 1 unspecified atom stereocenters. The molecule has 0 spiro atoms. The Morgan fingerprint density at radius 1 is 1.11 bits per heavy atom. The molecule has 0 saturated carbocycles. The van der Waals surface area contributed by atoms with Crippen LogP contribution in [0.25, 0.3) is 0 Å². The Balaban J connectivity index is 1.99. The summed E-state index contributed by atoms with van der Waals surface area (Å²) in [5.74, 6) is 0. The van der Waals surface area contributed by atoms with Crippen molar-refractivity contribution in [3.8, 4) is 0 Å². The van der Waals surface area contributed by atoms with Crippen molar-refractivity contribution in [2.45, 2.75) is 25.8 Å². The SMILES string of the molecule is CNC(CCc1ccccc1)c1ccc(C)nc1. The molecule has 1 aromatic carbocycles. The summed E-state index contributed by atoms with van der Waals surface area (Å²) in [7, 11) is 2.01. The topological polar surface area (TPSA) is 24.9 Å². The van der Waals surface area contributed by atoms with Crippen LogP contribution >= 0.6 is 0 Å². The van der Waals surface area contributed by atoms with E-state index < -0.39 is 0 Å². The largest absolute Gasteiger partial charge is 0.313 e. The van der Waals surface area contributed by atoms with E-state index >= 15 is 0 Å². The van der Waals surface area contributed by atoms with E-state index in [-0.39, 0.29) is 0 Å². The summed E-state index contributed by atoms with van der Waals surface area (Å²) in [5.41, 5.74) is 3.72. The molecule has 1 heterocycles. The minimum atomic E-state index is 0.373. The van der Waals surface area contributed by atoms with Crippen molar-refractivity contribution in [1.82, 2.24) is 10.3 Å². The Morgan fingerprint density at radius 2 is 1.89 bits per heavy atom. The average molecular weight is 240 g/mol. The summed E-state index contributed by atoms with van der Waals surface area (Å²) in [6.45, 7) is 2.02. The van der Waals surface area contributed by atoms with Crippen molar-refractivity contribution in [1.29, 1.82) is 0 Å². The number of nitrogens with one attached hydrogen (secondary N) is 1. The third-order valence-corrected chi connectivity index (χ3v) is 3.25. The zero-order valence-corrected chi connectivity index (χ0v) is 11.1. The summed E-state index contributed by atoms with van der Waals surface area (Å²) >= 11 is 0. The first-order valence-electron chi connectivity index (χ1n) is 6.43. The highest BCUT2D eigenvalue weighted by molar-refractivity contribution is 5.19. The molecule has 0 saturated heterocycles. The Bertz CT molecular complexity index is 462. The molecule has 2 aromatic rings. The molecule has 94 valence electrons. The predicted molar refractivity (Wildman–Crippen MR) is 75.5 cm³/mol. The summed E-state index contributed by atoms with van der Waals surface area (Å²) in [4.78, 5) is 4.36. The molecule has 2 rings (SSSR count). The second-order valence-electron chi connectivity index (χ2n) is 4.60. The summed E-state index contributed by atoms with van der Waals surface area (Å²) in [5, 5.41) is 3.37.